The van der Waals surface area contributed by atoms with Crippen molar-refractivity contribution in [2.45, 2.75) is 63.3 Å². The lowest BCUT2D eigenvalue weighted by atomic mass is 9.80. The Morgan fingerprint density at radius 1 is 1.07 bits per heavy atom. The second-order valence-corrected chi connectivity index (χ2v) is 11.9. The average molecular weight is 637 g/mol. The lowest BCUT2D eigenvalue weighted by Gasteiger charge is -2.36. The standard InChI is InChI=1S/C31H33ClF4N4O4/c1-29(2,3)44-28(42)40-15-14-23(19-40)38-27(41)39-30(17-20-8-5-4-6-9-20,25-13-12-22(32)18-37-25)21-10-7-11-24(16-21)43-31(35,36)26(33)34/h4-13,16,18,23,26H,14-15,17,19H2,1-3H3,(H2,38,39,41)/t23-,30+/m1/s1. The zero-order valence-corrected chi connectivity index (χ0v) is 25.1. The van der Waals surface area contributed by atoms with E-state index in [-0.39, 0.29) is 18.5 Å². The molecular weight excluding hydrogens is 604 g/mol. The van der Waals surface area contributed by atoms with Crippen LogP contribution in [0.3, 0.4) is 0 Å². The molecule has 2 aromatic carbocycles. The second kappa shape index (κ2) is 13.3. The highest BCUT2D eigenvalue weighted by molar-refractivity contribution is 6.30. The number of nitrogens with zero attached hydrogens (tertiary/aromatic N) is 2. The Bertz CT molecular complexity index is 1440. The minimum absolute atomic E-state index is 0.0826. The Balaban J connectivity index is 1.70. The van der Waals surface area contributed by atoms with E-state index in [1.165, 1.54) is 17.2 Å². The molecule has 13 heteroatoms. The van der Waals surface area contributed by atoms with Gasteiger partial charge in [-0.3, -0.25) is 4.98 Å². The van der Waals surface area contributed by atoms with Crippen LogP contribution in [0.1, 0.15) is 44.0 Å². The summed E-state index contributed by atoms with van der Waals surface area (Å²) in [6.45, 7) is 5.85. The van der Waals surface area contributed by atoms with Crippen molar-refractivity contribution in [3.63, 3.8) is 0 Å². The number of alkyl halides is 4. The Hall–Kier alpha value is -4.06. The molecule has 8 nitrogen and oxygen atoms in total. The number of halogens is 5. The molecule has 1 aliphatic heterocycles. The molecule has 2 N–H and O–H groups in total. The van der Waals surface area contributed by atoms with Crippen molar-refractivity contribution >= 4 is 23.7 Å². The summed E-state index contributed by atoms with van der Waals surface area (Å²) in [5.74, 6) is -0.537. The van der Waals surface area contributed by atoms with Gasteiger partial charge in [0.2, 0.25) is 0 Å². The molecule has 3 aromatic rings. The van der Waals surface area contributed by atoms with Crippen LogP contribution >= 0.6 is 11.6 Å². The monoisotopic (exact) mass is 636 g/mol. The highest BCUT2D eigenvalue weighted by atomic mass is 35.5. The van der Waals surface area contributed by atoms with Gasteiger partial charge in [-0.25, -0.2) is 9.59 Å². The van der Waals surface area contributed by atoms with Gasteiger partial charge in [0.05, 0.1) is 10.7 Å². The molecule has 4 rings (SSSR count). The molecule has 0 spiro atoms. The third-order valence-electron chi connectivity index (χ3n) is 6.81. The fraction of sp³-hybridized carbons (Fsp3) is 0.387. The van der Waals surface area contributed by atoms with E-state index in [0.29, 0.717) is 23.7 Å². The van der Waals surface area contributed by atoms with Gasteiger partial charge >= 0.3 is 24.7 Å². The van der Waals surface area contributed by atoms with Gasteiger partial charge in [-0.15, -0.1) is 0 Å². The van der Waals surface area contributed by atoms with Crippen LogP contribution in [0, 0.1) is 0 Å². The number of pyridine rings is 1. The summed E-state index contributed by atoms with van der Waals surface area (Å²) in [5.41, 5.74) is -0.930. The van der Waals surface area contributed by atoms with E-state index >= 15 is 0 Å². The van der Waals surface area contributed by atoms with Crippen LogP contribution in [0.4, 0.5) is 27.2 Å². The van der Waals surface area contributed by atoms with Gasteiger partial charge in [-0.2, -0.15) is 17.6 Å². The molecule has 0 aliphatic carbocycles. The van der Waals surface area contributed by atoms with Crippen LogP contribution in [-0.2, 0) is 16.7 Å². The number of ether oxygens (including phenoxy) is 2. The Kier molecular flexibility index (Phi) is 9.92. The molecule has 44 heavy (non-hydrogen) atoms. The van der Waals surface area contributed by atoms with Crippen molar-refractivity contribution in [2.75, 3.05) is 13.1 Å². The van der Waals surface area contributed by atoms with Crippen molar-refractivity contribution in [1.82, 2.24) is 20.5 Å². The van der Waals surface area contributed by atoms with E-state index in [2.05, 4.69) is 20.4 Å². The van der Waals surface area contributed by atoms with E-state index < -0.39 is 47.6 Å². The van der Waals surface area contributed by atoms with Crippen LogP contribution in [0.25, 0.3) is 0 Å². The Morgan fingerprint density at radius 2 is 1.80 bits per heavy atom. The van der Waals surface area contributed by atoms with Gasteiger partial charge < -0.3 is 25.0 Å². The normalized spacial score (nSPS) is 16.8. The van der Waals surface area contributed by atoms with E-state index in [1.807, 2.05) is 18.2 Å². The van der Waals surface area contributed by atoms with Crippen LogP contribution in [-0.4, -0.2) is 59.3 Å². The molecule has 3 amide bonds. The summed E-state index contributed by atoms with van der Waals surface area (Å²) in [6, 6.07) is 16.3. The molecule has 2 heterocycles. The molecule has 1 saturated heterocycles. The number of amides is 3. The number of rotatable bonds is 9. The smallest absolute Gasteiger partial charge is 0.444 e. The van der Waals surface area contributed by atoms with Crippen molar-refractivity contribution in [3.8, 4) is 5.75 Å². The van der Waals surface area contributed by atoms with Gasteiger partial charge in [0.1, 0.15) is 16.9 Å². The first-order valence-electron chi connectivity index (χ1n) is 13.8. The summed E-state index contributed by atoms with van der Waals surface area (Å²) in [5, 5.41) is 6.17. The SMILES string of the molecule is CC(C)(C)OC(=O)N1CC[C@@H](NC(=O)N[C@@](Cc2ccccc2)(c2cccc(OC(F)(F)C(F)F)c2)c2ccc(Cl)cn2)C1. The first kappa shape index (κ1) is 32.8. The van der Waals surface area contributed by atoms with Crippen molar-refractivity contribution in [1.29, 1.82) is 0 Å². The van der Waals surface area contributed by atoms with Gasteiger partial charge in [0.15, 0.2) is 0 Å². The fourth-order valence-electron chi connectivity index (χ4n) is 4.86. The van der Waals surface area contributed by atoms with Crippen LogP contribution in [0.2, 0.25) is 5.02 Å². The predicted octanol–water partition coefficient (Wildman–Crippen LogP) is 6.77. The van der Waals surface area contributed by atoms with E-state index in [0.717, 1.165) is 17.7 Å². The van der Waals surface area contributed by atoms with E-state index in [4.69, 9.17) is 16.3 Å². The van der Waals surface area contributed by atoms with E-state index in [9.17, 15) is 27.2 Å². The van der Waals surface area contributed by atoms with Crippen LogP contribution in [0.5, 0.6) is 5.75 Å². The summed E-state index contributed by atoms with van der Waals surface area (Å²) in [6.07, 6.45) is -7.39. The molecule has 0 radical (unpaired) electrons. The zero-order chi connectivity index (χ0) is 32.1. The maximum Gasteiger partial charge on any atom is 0.461 e. The number of aromatic nitrogens is 1. The Morgan fingerprint density at radius 3 is 2.43 bits per heavy atom. The molecule has 2 atom stereocenters. The Labute approximate surface area is 257 Å². The molecule has 0 bridgehead atoms. The summed E-state index contributed by atoms with van der Waals surface area (Å²) in [4.78, 5) is 32.2. The van der Waals surface area contributed by atoms with E-state index in [1.54, 1.807) is 51.1 Å². The number of benzene rings is 2. The summed E-state index contributed by atoms with van der Waals surface area (Å²) in [7, 11) is 0. The highest BCUT2D eigenvalue weighted by Gasteiger charge is 2.45. The van der Waals surface area contributed by atoms with Gasteiger partial charge in [0, 0.05) is 31.7 Å². The van der Waals surface area contributed by atoms with Gasteiger partial charge in [-0.1, -0.05) is 54.1 Å². The molecule has 0 unspecified atom stereocenters. The van der Waals surface area contributed by atoms with Crippen molar-refractivity contribution in [3.05, 3.63) is 94.8 Å². The minimum atomic E-state index is -4.74. The maximum atomic E-state index is 13.9. The number of hydrogen-bond acceptors (Lipinski definition) is 5. The number of nitrogens with one attached hydrogen (secondary N) is 2. The second-order valence-electron chi connectivity index (χ2n) is 11.4. The predicted molar refractivity (Wildman–Crippen MR) is 156 cm³/mol. The summed E-state index contributed by atoms with van der Waals surface area (Å²) < 4.78 is 63.5. The van der Waals surface area contributed by atoms with Gasteiger partial charge in [-0.05, 0) is 62.6 Å². The van der Waals surface area contributed by atoms with Crippen LogP contribution < -0.4 is 15.4 Å². The van der Waals surface area contributed by atoms with Crippen molar-refractivity contribution < 1.29 is 36.6 Å². The number of hydrogen-bond donors (Lipinski definition) is 2. The highest BCUT2D eigenvalue weighted by Crippen LogP contribution is 2.36. The molecule has 236 valence electrons. The molecular formula is C31H33ClF4N4O4. The molecule has 1 aliphatic rings. The largest absolute Gasteiger partial charge is 0.461 e. The average Bonchev–Trinajstić information content (AvgIpc) is 3.41. The first-order valence-corrected chi connectivity index (χ1v) is 14.2. The molecule has 1 fully saturated rings. The van der Waals surface area contributed by atoms with Gasteiger partial charge in [0.25, 0.3) is 0 Å². The third-order valence-corrected chi connectivity index (χ3v) is 7.04. The lowest BCUT2D eigenvalue weighted by Crippen LogP contribution is -2.54. The fourth-order valence-corrected chi connectivity index (χ4v) is 4.98. The lowest BCUT2D eigenvalue weighted by molar-refractivity contribution is -0.253. The first-order chi connectivity index (χ1) is 20.7. The summed E-state index contributed by atoms with van der Waals surface area (Å²) >= 11 is 6.11. The molecule has 0 saturated carbocycles. The topological polar surface area (TPSA) is 92.8 Å². The minimum Gasteiger partial charge on any atom is -0.444 e. The van der Waals surface area contributed by atoms with Crippen LogP contribution in [0.15, 0.2) is 72.9 Å². The zero-order valence-electron chi connectivity index (χ0n) is 24.3. The number of likely N-dealkylation sites (tertiary alicyclic amines) is 1. The number of carbonyl (C=O) groups excluding carboxylic acids is 2. The molecule has 1 aromatic heterocycles. The van der Waals surface area contributed by atoms with Crippen molar-refractivity contribution in [2.24, 2.45) is 0 Å². The maximum absolute atomic E-state index is 13.9. The number of carbonyl (C=O) groups is 2. The third kappa shape index (κ3) is 8.31. The quantitative estimate of drug-likeness (QED) is 0.253. The number of urea groups is 1.